The number of benzene rings is 1. The van der Waals surface area contributed by atoms with Crippen molar-refractivity contribution in [3.05, 3.63) is 64.1 Å². The predicted octanol–water partition coefficient (Wildman–Crippen LogP) is 4.20. The molecule has 0 saturated heterocycles. The summed E-state index contributed by atoms with van der Waals surface area (Å²) in [7, 11) is 0. The van der Waals surface area contributed by atoms with Gasteiger partial charge in [0.25, 0.3) is 0 Å². The molecule has 3 aromatic rings. The van der Waals surface area contributed by atoms with Gasteiger partial charge in [0.1, 0.15) is 6.04 Å². The van der Waals surface area contributed by atoms with E-state index in [0.29, 0.717) is 0 Å². The van der Waals surface area contributed by atoms with Gasteiger partial charge >= 0.3 is 0 Å². The van der Waals surface area contributed by atoms with Crippen molar-refractivity contribution in [2.45, 2.75) is 19.0 Å². The van der Waals surface area contributed by atoms with Crippen LogP contribution in [0.2, 0.25) is 4.34 Å². The highest BCUT2D eigenvalue weighted by Crippen LogP contribution is 2.31. The topological polar surface area (TPSA) is 43.8 Å². The van der Waals surface area contributed by atoms with E-state index in [1.165, 1.54) is 0 Å². The number of hydrogen-bond donors (Lipinski definition) is 1. The van der Waals surface area contributed by atoms with Crippen LogP contribution >= 0.6 is 22.9 Å². The van der Waals surface area contributed by atoms with Crippen LogP contribution in [0.1, 0.15) is 17.8 Å². The van der Waals surface area contributed by atoms with Gasteiger partial charge in [0.2, 0.25) is 0 Å². The SMILES string of the molecule is CC(N)C(c1ccc(Cl)s1)n1cc(-c2ccccc2)cn1. The molecule has 2 heterocycles. The van der Waals surface area contributed by atoms with E-state index in [1.54, 1.807) is 11.3 Å². The third-order valence-corrected chi connectivity index (χ3v) is 4.68. The molecule has 0 aliphatic heterocycles. The van der Waals surface area contributed by atoms with Gasteiger partial charge in [0.15, 0.2) is 0 Å². The van der Waals surface area contributed by atoms with Crippen molar-refractivity contribution in [1.82, 2.24) is 9.78 Å². The van der Waals surface area contributed by atoms with Crippen molar-refractivity contribution >= 4 is 22.9 Å². The molecule has 2 N–H and O–H groups in total. The molecule has 1 aromatic carbocycles. The Morgan fingerprint density at radius 2 is 1.90 bits per heavy atom. The summed E-state index contributed by atoms with van der Waals surface area (Å²) >= 11 is 7.59. The van der Waals surface area contributed by atoms with Crippen LogP contribution in [0.4, 0.5) is 0 Å². The maximum atomic E-state index is 6.16. The largest absolute Gasteiger partial charge is 0.326 e. The summed E-state index contributed by atoms with van der Waals surface area (Å²) in [6.07, 6.45) is 3.91. The third kappa shape index (κ3) is 3.02. The Morgan fingerprint density at radius 3 is 2.52 bits per heavy atom. The fraction of sp³-hybridized carbons (Fsp3) is 0.188. The van der Waals surface area contributed by atoms with Crippen LogP contribution in [-0.4, -0.2) is 15.8 Å². The Morgan fingerprint density at radius 1 is 1.14 bits per heavy atom. The second-order valence-corrected chi connectivity index (χ2v) is 6.77. The van der Waals surface area contributed by atoms with Crippen LogP contribution in [0.3, 0.4) is 0 Å². The summed E-state index contributed by atoms with van der Waals surface area (Å²) in [4.78, 5) is 1.12. The standard InChI is InChI=1S/C16H16ClN3S/c1-11(18)16(14-7-8-15(17)21-14)20-10-13(9-19-20)12-5-3-2-4-6-12/h2-11,16H,18H2,1H3. The van der Waals surface area contributed by atoms with Gasteiger partial charge in [0.05, 0.1) is 10.5 Å². The van der Waals surface area contributed by atoms with E-state index in [4.69, 9.17) is 17.3 Å². The van der Waals surface area contributed by atoms with E-state index in [0.717, 1.165) is 20.3 Å². The van der Waals surface area contributed by atoms with Gasteiger partial charge in [-0.3, -0.25) is 4.68 Å². The van der Waals surface area contributed by atoms with Crippen molar-refractivity contribution in [3.63, 3.8) is 0 Å². The zero-order valence-corrected chi connectivity index (χ0v) is 13.2. The van der Waals surface area contributed by atoms with Crippen molar-refractivity contribution < 1.29 is 0 Å². The zero-order valence-electron chi connectivity index (χ0n) is 11.6. The molecule has 2 unspecified atom stereocenters. The number of nitrogens with two attached hydrogens (primary N) is 1. The molecule has 0 radical (unpaired) electrons. The van der Waals surface area contributed by atoms with E-state index in [9.17, 15) is 0 Å². The minimum atomic E-state index is -0.0526. The highest BCUT2D eigenvalue weighted by atomic mass is 35.5. The molecule has 0 fully saturated rings. The van der Waals surface area contributed by atoms with Crippen LogP contribution < -0.4 is 5.73 Å². The highest BCUT2D eigenvalue weighted by Gasteiger charge is 2.21. The van der Waals surface area contributed by atoms with E-state index >= 15 is 0 Å². The number of rotatable bonds is 4. The summed E-state index contributed by atoms with van der Waals surface area (Å²) in [6, 6.07) is 14.1. The lowest BCUT2D eigenvalue weighted by Gasteiger charge is -2.20. The number of halogens is 1. The number of thiophene rings is 1. The van der Waals surface area contributed by atoms with Crippen molar-refractivity contribution in [2.75, 3.05) is 0 Å². The average Bonchev–Trinajstić information content (AvgIpc) is 3.10. The van der Waals surface area contributed by atoms with E-state index < -0.39 is 0 Å². The summed E-state index contributed by atoms with van der Waals surface area (Å²) < 4.78 is 2.70. The Labute approximate surface area is 133 Å². The Kier molecular flexibility index (Phi) is 4.10. The lowest BCUT2D eigenvalue weighted by atomic mass is 10.1. The van der Waals surface area contributed by atoms with Crippen LogP contribution in [0.25, 0.3) is 11.1 Å². The fourth-order valence-corrected chi connectivity index (χ4v) is 3.66. The molecule has 5 heteroatoms. The lowest BCUT2D eigenvalue weighted by Crippen LogP contribution is -2.29. The fourth-order valence-electron chi connectivity index (χ4n) is 2.39. The van der Waals surface area contributed by atoms with Gasteiger partial charge in [0, 0.05) is 22.7 Å². The zero-order chi connectivity index (χ0) is 14.8. The van der Waals surface area contributed by atoms with Gasteiger partial charge in [-0.25, -0.2) is 0 Å². The summed E-state index contributed by atoms with van der Waals surface area (Å²) in [5.41, 5.74) is 8.40. The quantitative estimate of drug-likeness (QED) is 0.783. The molecule has 2 aromatic heterocycles. The predicted molar refractivity (Wildman–Crippen MR) is 88.8 cm³/mol. The number of aromatic nitrogens is 2. The second kappa shape index (κ2) is 6.02. The molecule has 0 aliphatic rings. The molecule has 108 valence electrons. The van der Waals surface area contributed by atoms with Gasteiger partial charge in [-0.15, -0.1) is 11.3 Å². The Hall–Kier alpha value is -1.62. The molecule has 0 amide bonds. The molecule has 0 bridgehead atoms. The highest BCUT2D eigenvalue weighted by molar-refractivity contribution is 7.16. The van der Waals surface area contributed by atoms with Crippen LogP contribution in [0, 0.1) is 0 Å². The first-order valence-electron chi connectivity index (χ1n) is 6.75. The lowest BCUT2D eigenvalue weighted by molar-refractivity contribution is 0.460. The molecule has 3 rings (SSSR count). The first kappa shape index (κ1) is 14.3. The van der Waals surface area contributed by atoms with Gasteiger partial charge in [-0.05, 0) is 24.6 Å². The molecule has 0 saturated carbocycles. The molecule has 0 spiro atoms. The smallest absolute Gasteiger partial charge is 0.101 e. The van der Waals surface area contributed by atoms with E-state index in [1.807, 2.05) is 54.3 Å². The molecule has 21 heavy (non-hydrogen) atoms. The van der Waals surface area contributed by atoms with E-state index in [2.05, 4.69) is 17.2 Å². The number of hydrogen-bond acceptors (Lipinski definition) is 3. The normalized spacial score (nSPS) is 14.0. The first-order valence-corrected chi connectivity index (χ1v) is 7.95. The van der Waals surface area contributed by atoms with Crippen molar-refractivity contribution in [1.29, 1.82) is 0 Å². The maximum Gasteiger partial charge on any atom is 0.101 e. The minimum Gasteiger partial charge on any atom is -0.326 e. The van der Waals surface area contributed by atoms with E-state index in [-0.39, 0.29) is 12.1 Å². The summed E-state index contributed by atoms with van der Waals surface area (Å²) in [5.74, 6) is 0. The second-order valence-electron chi connectivity index (χ2n) is 5.02. The van der Waals surface area contributed by atoms with Crippen LogP contribution in [0.5, 0.6) is 0 Å². The first-order chi connectivity index (χ1) is 10.1. The van der Waals surface area contributed by atoms with Crippen molar-refractivity contribution in [2.24, 2.45) is 5.73 Å². The average molecular weight is 318 g/mol. The Balaban J connectivity index is 1.96. The van der Waals surface area contributed by atoms with Crippen LogP contribution in [0.15, 0.2) is 54.9 Å². The monoisotopic (exact) mass is 317 g/mol. The minimum absolute atomic E-state index is 0.0000350. The maximum absolute atomic E-state index is 6.16. The molecular weight excluding hydrogens is 302 g/mol. The molecule has 0 aliphatic carbocycles. The molecule has 3 nitrogen and oxygen atoms in total. The summed E-state index contributed by atoms with van der Waals surface area (Å²) in [5, 5.41) is 4.50. The van der Waals surface area contributed by atoms with Crippen LogP contribution in [-0.2, 0) is 0 Å². The Bertz CT molecular complexity index is 718. The van der Waals surface area contributed by atoms with Crippen molar-refractivity contribution in [3.8, 4) is 11.1 Å². The van der Waals surface area contributed by atoms with Gasteiger partial charge in [-0.2, -0.15) is 5.10 Å². The molecular formula is C16H16ClN3S. The molecule has 2 atom stereocenters. The third-order valence-electron chi connectivity index (χ3n) is 3.38. The van der Waals surface area contributed by atoms with Gasteiger partial charge < -0.3 is 5.73 Å². The van der Waals surface area contributed by atoms with Gasteiger partial charge in [-0.1, -0.05) is 41.9 Å². The number of nitrogens with zero attached hydrogens (tertiary/aromatic N) is 2. The summed E-state index contributed by atoms with van der Waals surface area (Å²) in [6.45, 7) is 1.99.